The number of hydrogen-bond acceptors (Lipinski definition) is 3. The van der Waals surface area contributed by atoms with Gasteiger partial charge in [-0.05, 0) is 19.8 Å². The second-order valence-electron chi connectivity index (χ2n) is 3.37. The molecule has 13 heavy (non-hydrogen) atoms. The number of hydroxylamine groups is 1. The summed E-state index contributed by atoms with van der Waals surface area (Å²) in [6.45, 7) is 1.69. The minimum atomic E-state index is -0.443. The number of amides is 1. The van der Waals surface area contributed by atoms with E-state index in [0.717, 1.165) is 12.8 Å². The monoisotopic (exact) mass is 187 g/mol. The second kappa shape index (κ2) is 5.19. The van der Waals surface area contributed by atoms with Crippen LogP contribution in [0.15, 0.2) is 0 Å². The van der Waals surface area contributed by atoms with E-state index in [2.05, 4.69) is 5.48 Å². The molecule has 4 heteroatoms. The fraction of sp³-hybridized carbons (Fsp3) is 0.889. The zero-order chi connectivity index (χ0) is 9.68. The topological polar surface area (TPSA) is 47.6 Å². The van der Waals surface area contributed by atoms with E-state index in [4.69, 9.17) is 9.57 Å². The zero-order valence-corrected chi connectivity index (χ0v) is 8.21. The molecule has 1 amide bonds. The first-order valence-corrected chi connectivity index (χ1v) is 4.72. The molecule has 0 bridgehead atoms. The Morgan fingerprint density at radius 2 is 2.08 bits per heavy atom. The van der Waals surface area contributed by atoms with E-state index in [1.807, 2.05) is 0 Å². The van der Waals surface area contributed by atoms with Crippen molar-refractivity contribution in [3.05, 3.63) is 0 Å². The first-order valence-electron chi connectivity index (χ1n) is 4.72. The van der Waals surface area contributed by atoms with E-state index in [1.165, 1.54) is 20.0 Å². The van der Waals surface area contributed by atoms with Crippen LogP contribution in [-0.4, -0.2) is 25.2 Å². The first-order chi connectivity index (χ1) is 6.24. The van der Waals surface area contributed by atoms with Gasteiger partial charge in [-0.15, -0.1) is 0 Å². The lowest BCUT2D eigenvalue weighted by Gasteiger charge is -2.13. The normalized spacial score (nSPS) is 20.2. The fourth-order valence-corrected chi connectivity index (χ4v) is 1.34. The largest absolute Gasteiger partial charge is 0.372 e. The average molecular weight is 187 g/mol. The highest BCUT2D eigenvalue weighted by Crippen LogP contribution is 2.19. The summed E-state index contributed by atoms with van der Waals surface area (Å²) in [6, 6.07) is 0. The molecule has 0 aromatic carbocycles. The Balaban J connectivity index is 2.13. The van der Waals surface area contributed by atoms with Crippen LogP contribution in [0.2, 0.25) is 0 Å². The lowest BCUT2D eigenvalue weighted by molar-refractivity contribution is -0.147. The van der Waals surface area contributed by atoms with Crippen LogP contribution in [0.1, 0.15) is 32.6 Å². The molecular formula is C9H17NO3. The Labute approximate surface area is 78.5 Å². The molecular weight excluding hydrogens is 170 g/mol. The molecule has 0 aromatic heterocycles. The number of methoxy groups -OCH3 is 1. The molecule has 1 N–H and O–H groups in total. The fourth-order valence-electron chi connectivity index (χ4n) is 1.34. The molecule has 1 aliphatic carbocycles. The summed E-state index contributed by atoms with van der Waals surface area (Å²) in [5.74, 6) is -0.214. The minimum absolute atomic E-state index is 0.202. The van der Waals surface area contributed by atoms with E-state index in [-0.39, 0.29) is 12.0 Å². The van der Waals surface area contributed by atoms with Crippen LogP contribution in [0.25, 0.3) is 0 Å². The van der Waals surface area contributed by atoms with Crippen LogP contribution in [0.3, 0.4) is 0 Å². The van der Waals surface area contributed by atoms with Gasteiger partial charge in [-0.25, -0.2) is 5.48 Å². The Kier molecular flexibility index (Phi) is 4.18. The first kappa shape index (κ1) is 10.5. The molecule has 1 rings (SSSR count). The standard InChI is InChI=1S/C9H17NO3/c1-7(12-2)9(11)10-13-8-5-3-4-6-8/h7-8H,3-6H2,1-2H3,(H,10,11). The maximum atomic E-state index is 11.2. The molecule has 0 spiro atoms. The second-order valence-corrected chi connectivity index (χ2v) is 3.37. The van der Waals surface area contributed by atoms with Gasteiger partial charge < -0.3 is 4.74 Å². The van der Waals surface area contributed by atoms with E-state index in [9.17, 15) is 4.79 Å². The average Bonchev–Trinajstić information content (AvgIpc) is 2.65. The molecule has 1 aliphatic rings. The van der Waals surface area contributed by atoms with Crippen molar-refractivity contribution in [2.24, 2.45) is 0 Å². The molecule has 76 valence electrons. The molecule has 0 aromatic rings. The number of nitrogens with one attached hydrogen (secondary N) is 1. The lowest BCUT2D eigenvalue weighted by Crippen LogP contribution is -2.36. The summed E-state index contributed by atoms with van der Waals surface area (Å²) in [4.78, 5) is 16.4. The smallest absolute Gasteiger partial charge is 0.272 e. The summed E-state index contributed by atoms with van der Waals surface area (Å²) in [5, 5.41) is 0. The lowest BCUT2D eigenvalue weighted by atomic mass is 10.3. The van der Waals surface area contributed by atoms with Gasteiger partial charge in [-0.2, -0.15) is 0 Å². The number of carbonyl (C=O) groups is 1. The Bertz CT molecular complexity index is 166. The minimum Gasteiger partial charge on any atom is -0.372 e. The van der Waals surface area contributed by atoms with E-state index < -0.39 is 6.10 Å². The Morgan fingerprint density at radius 1 is 1.46 bits per heavy atom. The van der Waals surface area contributed by atoms with Crippen LogP contribution in [0.5, 0.6) is 0 Å². The molecule has 0 radical (unpaired) electrons. The third-order valence-electron chi connectivity index (χ3n) is 2.35. The van der Waals surface area contributed by atoms with Crippen LogP contribution in [0, 0.1) is 0 Å². The highest BCUT2D eigenvalue weighted by molar-refractivity contribution is 5.79. The van der Waals surface area contributed by atoms with Gasteiger partial charge in [0.2, 0.25) is 0 Å². The van der Waals surface area contributed by atoms with Gasteiger partial charge in [0.05, 0.1) is 6.10 Å². The van der Waals surface area contributed by atoms with Crippen molar-refractivity contribution in [3.63, 3.8) is 0 Å². The number of ether oxygens (including phenoxy) is 1. The predicted octanol–water partition coefficient (Wildman–Crippen LogP) is 1.01. The number of carbonyl (C=O) groups excluding carboxylic acids is 1. The van der Waals surface area contributed by atoms with Gasteiger partial charge in [0.15, 0.2) is 0 Å². The van der Waals surface area contributed by atoms with Gasteiger partial charge in [0, 0.05) is 7.11 Å². The van der Waals surface area contributed by atoms with Crippen molar-refractivity contribution in [2.75, 3.05) is 7.11 Å². The summed E-state index contributed by atoms with van der Waals surface area (Å²) in [6.07, 6.45) is 4.23. The van der Waals surface area contributed by atoms with Gasteiger partial charge in [0.25, 0.3) is 5.91 Å². The molecule has 4 nitrogen and oxygen atoms in total. The molecule has 1 saturated carbocycles. The van der Waals surface area contributed by atoms with E-state index in [0.29, 0.717) is 0 Å². The van der Waals surface area contributed by atoms with Crippen LogP contribution in [0.4, 0.5) is 0 Å². The van der Waals surface area contributed by atoms with Crippen molar-refractivity contribution in [1.82, 2.24) is 5.48 Å². The zero-order valence-electron chi connectivity index (χ0n) is 8.21. The molecule has 1 unspecified atom stereocenters. The maximum absolute atomic E-state index is 11.2. The number of rotatable bonds is 4. The SMILES string of the molecule is COC(C)C(=O)NOC1CCCC1. The highest BCUT2D eigenvalue weighted by Gasteiger charge is 2.18. The van der Waals surface area contributed by atoms with Gasteiger partial charge in [-0.1, -0.05) is 12.8 Å². The van der Waals surface area contributed by atoms with Crippen molar-refractivity contribution < 1.29 is 14.4 Å². The van der Waals surface area contributed by atoms with Crippen molar-refractivity contribution in [1.29, 1.82) is 0 Å². The Hall–Kier alpha value is -0.610. The van der Waals surface area contributed by atoms with Crippen LogP contribution < -0.4 is 5.48 Å². The summed E-state index contributed by atoms with van der Waals surface area (Å²) >= 11 is 0. The molecule has 0 heterocycles. The Morgan fingerprint density at radius 3 is 2.62 bits per heavy atom. The maximum Gasteiger partial charge on any atom is 0.272 e. The van der Waals surface area contributed by atoms with Crippen molar-refractivity contribution in [3.8, 4) is 0 Å². The van der Waals surface area contributed by atoms with Crippen LogP contribution in [-0.2, 0) is 14.4 Å². The summed E-state index contributed by atoms with van der Waals surface area (Å²) in [7, 11) is 1.50. The van der Waals surface area contributed by atoms with Crippen molar-refractivity contribution >= 4 is 5.91 Å². The summed E-state index contributed by atoms with van der Waals surface area (Å²) in [5.41, 5.74) is 2.41. The molecule has 0 aliphatic heterocycles. The third kappa shape index (κ3) is 3.32. The molecule has 1 fully saturated rings. The van der Waals surface area contributed by atoms with E-state index >= 15 is 0 Å². The predicted molar refractivity (Wildman–Crippen MR) is 48.0 cm³/mol. The summed E-state index contributed by atoms with van der Waals surface area (Å²) < 4.78 is 4.84. The van der Waals surface area contributed by atoms with Gasteiger partial charge in [0.1, 0.15) is 6.10 Å². The van der Waals surface area contributed by atoms with Gasteiger partial charge in [-0.3, -0.25) is 9.63 Å². The quantitative estimate of drug-likeness (QED) is 0.668. The van der Waals surface area contributed by atoms with Gasteiger partial charge >= 0.3 is 0 Å². The molecule has 0 saturated heterocycles. The molecule has 1 atom stereocenters. The van der Waals surface area contributed by atoms with E-state index in [1.54, 1.807) is 6.92 Å². The third-order valence-corrected chi connectivity index (χ3v) is 2.35. The highest BCUT2D eigenvalue weighted by atomic mass is 16.7. The number of hydrogen-bond donors (Lipinski definition) is 1. The van der Waals surface area contributed by atoms with Crippen molar-refractivity contribution in [2.45, 2.75) is 44.8 Å². The van der Waals surface area contributed by atoms with Crippen LogP contribution >= 0.6 is 0 Å².